The van der Waals surface area contributed by atoms with Crippen LogP contribution in [0, 0.1) is 10.1 Å². The SMILES string of the molecule is O=[N+]([O-])C(=C(Nc1ccccc1)Sc1ccccc1)C(Cl)=C(Cl)Cl. The number of nitro groups is 1. The third-order valence-electron chi connectivity index (χ3n) is 2.77. The number of anilines is 1. The summed E-state index contributed by atoms with van der Waals surface area (Å²) in [4.78, 5) is 11.7. The van der Waals surface area contributed by atoms with Crippen molar-refractivity contribution >= 4 is 52.3 Å². The van der Waals surface area contributed by atoms with Crippen molar-refractivity contribution in [2.24, 2.45) is 0 Å². The summed E-state index contributed by atoms with van der Waals surface area (Å²) in [6.45, 7) is 0. The first-order valence-corrected chi connectivity index (χ1v) is 8.59. The molecule has 0 aliphatic heterocycles. The molecule has 0 aliphatic carbocycles. The standard InChI is InChI=1S/C16H11Cl3N2O2S/c17-13(15(18)19)14(21(22)23)16(20-11-7-3-1-4-8-11)24-12-9-5-2-6-10-12/h1-10,20H. The zero-order valence-electron chi connectivity index (χ0n) is 12.1. The Bertz CT molecular complexity index is 733. The Morgan fingerprint density at radius 1 is 0.958 bits per heavy atom. The highest BCUT2D eigenvalue weighted by Crippen LogP contribution is 2.36. The predicted molar refractivity (Wildman–Crippen MR) is 101 cm³/mol. The van der Waals surface area contributed by atoms with Gasteiger partial charge in [0, 0.05) is 10.6 Å². The van der Waals surface area contributed by atoms with Crippen LogP contribution in [0.1, 0.15) is 0 Å². The van der Waals surface area contributed by atoms with Crippen LogP contribution in [0.15, 0.2) is 85.8 Å². The van der Waals surface area contributed by atoms with Crippen molar-refractivity contribution in [2.75, 3.05) is 5.32 Å². The highest BCUT2D eigenvalue weighted by atomic mass is 35.5. The largest absolute Gasteiger partial charge is 0.344 e. The van der Waals surface area contributed by atoms with Gasteiger partial charge in [-0.1, -0.05) is 83.0 Å². The number of hydrogen-bond donors (Lipinski definition) is 1. The number of para-hydroxylation sites is 1. The van der Waals surface area contributed by atoms with Gasteiger partial charge in [0.25, 0.3) is 0 Å². The van der Waals surface area contributed by atoms with Gasteiger partial charge in [-0.15, -0.1) is 0 Å². The van der Waals surface area contributed by atoms with Crippen LogP contribution in [0.5, 0.6) is 0 Å². The lowest BCUT2D eigenvalue weighted by Gasteiger charge is -2.11. The zero-order chi connectivity index (χ0) is 17.5. The fraction of sp³-hybridized carbons (Fsp3) is 0. The van der Waals surface area contributed by atoms with Crippen molar-refractivity contribution in [3.8, 4) is 0 Å². The van der Waals surface area contributed by atoms with Crippen LogP contribution in [-0.2, 0) is 0 Å². The summed E-state index contributed by atoms with van der Waals surface area (Å²) in [6.07, 6.45) is 0. The molecule has 0 aromatic heterocycles. The number of hydrogen-bond acceptors (Lipinski definition) is 4. The second-order valence-corrected chi connectivity index (χ2v) is 6.83. The van der Waals surface area contributed by atoms with Crippen molar-refractivity contribution in [3.05, 3.63) is 91.0 Å². The second-order valence-electron chi connectivity index (χ2n) is 4.42. The number of benzene rings is 2. The van der Waals surface area contributed by atoms with E-state index in [0.717, 1.165) is 16.7 Å². The normalized spacial score (nSPS) is 11.5. The molecule has 124 valence electrons. The average Bonchev–Trinajstić information content (AvgIpc) is 2.56. The van der Waals surface area contributed by atoms with E-state index in [4.69, 9.17) is 34.8 Å². The lowest BCUT2D eigenvalue weighted by atomic mass is 10.3. The van der Waals surface area contributed by atoms with E-state index in [1.807, 2.05) is 48.5 Å². The summed E-state index contributed by atoms with van der Waals surface area (Å²) in [5.41, 5.74) is 0.278. The summed E-state index contributed by atoms with van der Waals surface area (Å²) in [7, 11) is 0. The van der Waals surface area contributed by atoms with Crippen LogP contribution >= 0.6 is 46.6 Å². The molecule has 8 heteroatoms. The van der Waals surface area contributed by atoms with Crippen molar-refractivity contribution < 1.29 is 4.92 Å². The molecule has 24 heavy (non-hydrogen) atoms. The molecule has 0 saturated carbocycles. The van der Waals surface area contributed by atoms with Gasteiger partial charge in [-0.25, -0.2) is 0 Å². The number of thioether (sulfide) groups is 1. The third kappa shape index (κ3) is 5.18. The van der Waals surface area contributed by atoms with Crippen molar-refractivity contribution in [1.82, 2.24) is 0 Å². The molecular formula is C16H11Cl3N2O2S. The summed E-state index contributed by atoms with van der Waals surface area (Å²) in [5, 5.41) is 14.4. The first-order valence-electron chi connectivity index (χ1n) is 6.64. The van der Waals surface area contributed by atoms with Gasteiger partial charge < -0.3 is 5.32 Å². The quantitative estimate of drug-likeness (QED) is 0.270. The molecule has 0 radical (unpaired) electrons. The molecule has 0 bridgehead atoms. The molecule has 0 spiro atoms. The minimum Gasteiger partial charge on any atom is -0.344 e. The number of allylic oxidation sites excluding steroid dienone is 1. The van der Waals surface area contributed by atoms with Gasteiger partial charge in [0.2, 0.25) is 0 Å². The molecule has 0 heterocycles. The van der Waals surface area contributed by atoms with Gasteiger partial charge in [-0.3, -0.25) is 10.1 Å². The van der Waals surface area contributed by atoms with Crippen LogP contribution in [0.2, 0.25) is 0 Å². The molecule has 0 atom stereocenters. The van der Waals surface area contributed by atoms with E-state index in [1.165, 1.54) is 0 Å². The fourth-order valence-corrected chi connectivity index (χ4v) is 3.11. The van der Waals surface area contributed by atoms with Crippen LogP contribution in [0.4, 0.5) is 5.69 Å². The molecule has 0 fully saturated rings. The molecule has 2 aromatic carbocycles. The van der Waals surface area contributed by atoms with Gasteiger partial charge in [0.15, 0.2) is 10.1 Å². The van der Waals surface area contributed by atoms with Crippen LogP contribution in [0.25, 0.3) is 0 Å². The van der Waals surface area contributed by atoms with Crippen molar-refractivity contribution in [1.29, 1.82) is 0 Å². The molecule has 1 N–H and O–H groups in total. The molecular weight excluding hydrogens is 391 g/mol. The van der Waals surface area contributed by atoms with Crippen LogP contribution in [-0.4, -0.2) is 4.92 Å². The Balaban J connectivity index is 2.53. The minimum atomic E-state index is -0.617. The van der Waals surface area contributed by atoms with Gasteiger partial charge >= 0.3 is 5.70 Å². The lowest BCUT2D eigenvalue weighted by molar-refractivity contribution is -0.420. The third-order valence-corrected chi connectivity index (χ3v) is 4.71. The van der Waals surface area contributed by atoms with Crippen molar-refractivity contribution in [3.63, 3.8) is 0 Å². The van der Waals surface area contributed by atoms with E-state index in [9.17, 15) is 10.1 Å². The molecule has 2 aromatic rings. The first kappa shape index (κ1) is 18.7. The molecule has 0 unspecified atom stereocenters. The summed E-state index contributed by atoms with van der Waals surface area (Å²) < 4.78 is -0.371. The van der Waals surface area contributed by atoms with E-state index >= 15 is 0 Å². The number of nitrogens with one attached hydrogen (secondary N) is 1. The smallest absolute Gasteiger partial charge is 0.320 e. The number of nitrogens with zero attached hydrogens (tertiary/aromatic N) is 1. The van der Waals surface area contributed by atoms with E-state index in [0.29, 0.717) is 5.69 Å². The van der Waals surface area contributed by atoms with E-state index in [-0.39, 0.29) is 14.6 Å². The molecule has 0 saturated heterocycles. The Hall–Kier alpha value is -1.66. The van der Waals surface area contributed by atoms with Gasteiger partial charge in [0.1, 0.15) is 4.49 Å². The van der Waals surface area contributed by atoms with E-state index < -0.39 is 10.6 Å². The lowest BCUT2D eigenvalue weighted by Crippen LogP contribution is -2.09. The predicted octanol–water partition coefficient (Wildman–Crippen LogP) is 6.22. The van der Waals surface area contributed by atoms with Crippen LogP contribution < -0.4 is 5.32 Å². The average molecular weight is 402 g/mol. The Labute approximate surface area is 158 Å². The van der Waals surface area contributed by atoms with Crippen LogP contribution in [0.3, 0.4) is 0 Å². The Kier molecular flexibility index (Phi) is 6.99. The monoisotopic (exact) mass is 400 g/mol. The second kappa shape index (κ2) is 8.99. The number of rotatable bonds is 6. The minimum absolute atomic E-state index is 0.209. The Morgan fingerprint density at radius 2 is 1.50 bits per heavy atom. The maximum Gasteiger partial charge on any atom is 0.320 e. The van der Waals surface area contributed by atoms with Gasteiger partial charge in [-0.05, 0) is 24.3 Å². The maximum atomic E-state index is 11.5. The van der Waals surface area contributed by atoms with Crippen molar-refractivity contribution in [2.45, 2.75) is 4.90 Å². The molecule has 4 nitrogen and oxygen atoms in total. The molecule has 0 aliphatic rings. The van der Waals surface area contributed by atoms with Gasteiger partial charge in [-0.2, -0.15) is 0 Å². The summed E-state index contributed by atoms with van der Waals surface area (Å²) in [5.74, 6) is 0. The maximum absolute atomic E-state index is 11.5. The fourth-order valence-electron chi connectivity index (χ4n) is 1.74. The highest BCUT2D eigenvalue weighted by Gasteiger charge is 2.26. The topological polar surface area (TPSA) is 55.2 Å². The van der Waals surface area contributed by atoms with E-state index in [1.54, 1.807) is 12.1 Å². The summed E-state index contributed by atoms with van der Waals surface area (Å²) in [6, 6.07) is 18.2. The Morgan fingerprint density at radius 3 is 2.00 bits per heavy atom. The van der Waals surface area contributed by atoms with E-state index in [2.05, 4.69) is 5.32 Å². The zero-order valence-corrected chi connectivity index (χ0v) is 15.2. The number of halogens is 3. The van der Waals surface area contributed by atoms with Gasteiger partial charge in [0.05, 0.1) is 4.92 Å². The first-order chi connectivity index (χ1) is 11.5. The highest BCUT2D eigenvalue weighted by molar-refractivity contribution is 8.03. The molecule has 2 rings (SSSR count). The molecule has 0 amide bonds. The summed E-state index contributed by atoms with van der Waals surface area (Å²) >= 11 is 18.4.